The molecule has 0 aromatic heterocycles. The molecule has 0 spiro atoms. The van der Waals surface area contributed by atoms with Gasteiger partial charge in [0.2, 0.25) is 5.91 Å². The number of amides is 1. The third-order valence-electron chi connectivity index (χ3n) is 4.97. The van der Waals surface area contributed by atoms with E-state index in [1.165, 1.54) is 0 Å². The van der Waals surface area contributed by atoms with Crippen molar-refractivity contribution in [3.8, 4) is 11.5 Å². The summed E-state index contributed by atoms with van der Waals surface area (Å²) in [5.41, 5.74) is 0.970. The molecule has 1 fully saturated rings. The van der Waals surface area contributed by atoms with Crippen LogP contribution in [-0.2, 0) is 4.79 Å². The van der Waals surface area contributed by atoms with Crippen molar-refractivity contribution in [3.05, 3.63) is 23.8 Å². The molecule has 3 rings (SSSR count). The molecular weight excluding hydrogens is 336 g/mol. The summed E-state index contributed by atoms with van der Waals surface area (Å²) in [5, 5.41) is 22.3. The number of β-amino-alcohol motifs (C(OH)–C–C–N with tert-alkyl or cyclic N) is 1. The molecule has 0 aliphatic carbocycles. The molecule has 1 amide bonds. The van der Waals surface area contributed by atoms with Crippen molar-refractivity contribution >= 4 is 5.91 Å². The summed E-state index contributed by atoms with van der Waals surface area (Å²) in [4.78, 5) is 14.4. The van der Waals surface area contributed by atoms with Crippen LogP contribution < -0.4 is 14.8 Å². The van der Waals surface area contributed by atoms with Crippen molar-refractivity contribution in [1.29, 1.82) is 0 Å². The van der Waals surface area contributed by atoms with Crippen LogP contribution in [0.5, 0.6) is 11.5 Å². The first-order chi connectivity index (χ1) is 12.5. The maximum atomic E-state index is 12.6. The molecule has 1 aromatic rings. The van der Waals surface area contributed by atoms with E-state index in [2.05, 4.69) is 19.2 Å². The van der Waals surface area contributed by atoms with E-state index in [0.29, 0.717) is 31.9 Å². The quantitative estimate of drug-likeness (QED) is 0.688. The van der Waals surface area contributed by atoms with Crippen molar-refractivity contribution in [1.82, 2.24) is 10.2 Å². The van der Waals surface area contributed by atoms with E-state index in [9.17, 15) is 15.0 Å². The van der Waals surface area contributed by atoms with Gasteiger partial charge < -0.3 is 25.0 Å². The van der Waals surface area contributed by atoms with Crippen LogP contribution in [-0.4, -0.2) is 66.1 Å². The van der Waals surface area contributed by atoms with Crippen LogP contribution in [0.15, 0.2) is 18.2 Å². The van der Waals surface area contributed by atoms with Crippen LogP contribution in [0, 0.1) is 5.92 Å². The number of aliphatic hydroxyl groups excluding tert-OH is 2. The summed E-state index contributed by atoms with van der Waals surface area (Å²) in [7, 11) is 0. The Morgan fingerprint density at radius 2 is 2.04 bits per heavy atom. The molecule has 2 aliphatic heterocycles. The number of nitrogens with zero attached hydrogens (tertiary/aromatic N) is 1. The number of ether oxygens (including phenoxy) is 2. The third-order valence-corrected chi connectivity index (χ3v) is 4.97. The van der Waals surface area contributed by atoms with E-state index in [4.69, 9.17) is 9.47 Å². The number of carbonyl (C=O) groups excluding carboxylic acids is 1. The zero-order valence-corrected chi connectivity index (χ0v) is 15.4. The van der Waals surface area contributed by atoms with Crippen molar-refractivity contribution < 1.29 is 24.5 Å². The second-order valence-corrected chi connectivity index (χ2v) is 7.35. The first-order valence-corrected chi connectivity index (χ1v) is 9.19. The molecule has 1 saturated heterocycles. The van der Waals surface area contributed by atoms with E-state index in [-0.39, 0.29) is 37.1 Å². The zero-order valence-electron chi connectivity index (χ0n) is 15.4. The van der Waals surface area contributed by atoms with Gasteiger partial charge >= 0.3 is 0 Å². The number of likely N-dealkylation sites (tertiary alicyclic amines) is 1. The van der Waals surface area contributed by atoms with E-state index < -0.39 is 6.10 Å². The monoisotopic (exact) mass is 364 g/mol. The first kappa shape index (κ1) is 18.9. The van der Waals surface area contributed by atoms with Gasteiger partial charge in [-0.25, -0.2) is 0 Å². The van der Waals surface area contributed by atoms with Gasteiger partial charge in [0, 0.05) is 12.6 Å². The smallest absolute Gasteiger partial charge is 0.234 e. The number of hydrogen-bond donors (Lipinski definition) is 3. The molecule has 2 aliphatic rings. The summed E-state index contributed by atoms with van der Waals surface area (Å²) >= 11 is 0. The van der Waals surface area contributed by atoms with E-state index in [1.54, 1.807) is 0 Å². The Balaban J connectivity index is 1.67. The Bertz CT molecular complexity index is 636. The average Bonchev–Trinajstić information content (AvgIpc) is 2.98. The molecule has 26 heavy (non-hydrogen) atoms. The molecule has 7 nitrogen and oxygen atoms in total. The second kappa shape index (κ2) is 8.24. The predicted molar refractivity (Wildman–Crippen MR) is 96.2 cm³/mol. The summed E-state index contributed by atoms with van der Waals surface area (Å²) < 4.78 is 11.2. The van der Waals surface area contributed by atoms with Gasteiger partial charge in [-0.15, -0.1) is 0 Å². The maximum Gasteiger partial charge on any atom is 0.234 e. The minimum atomic E-state index is -0.487. The van der Waals surface area contributed by atoms with Crippen LogP contribution in [0.3, 0.4) is 0 Å². The van der Waals surface area contributed by atoms with Gasteiger partial charge in [-0.05, 0) is 30.0 Å². The lowest BCUT2D eigenvalue weighted by Crippen LogP contribution is -2.43. The van der Waals surface area contributed by atoms with Crippen LogP contribution in [0.1, 0.15) is 31.9 Å². The second-order valence-electron chi connectivity index (χ2n) is 7.35. The maximum absolute atomic E-state index is 12.6. The number of hydrogen-bond acceptors (Lipinski definition) is 6. The first-order valence-electron chi connectivity index (χ1n) is 9.19. The minimum absolute atomic E-state index is 0.0554. The number of fused-ring (bicyclic) bond motifs is 1. The normalized spacial score (nSPS) is 23.9. The number of nitrogens with one attached hydrogen (secondary N) is 1. The summed E-state index contributed by atoms with van der Waals surface area (Å²) in [6.07, 6.45) is 0.0122. The molecule has 0 radical (unpaired) electrons. The zero-order chi connectivity index (χ0) is 18.7. The van der Waals surface area contributed by atoms with Crippen molar-refractivity contribution in [2.45, 2.75) is 38.5 Å². The number of carbonyl (C=O) groups is 1. The Kier molecular flexibility index (Phi) is 6.01. The number of rotatable bonds is 6. The largest absolute Gasteiger partial charge is 0.486 e. The summed E-state index contributed by atoms with van der Waals surface area (Å²) in [6, 6.07) is 5.44. The highest BCUT2D eigenvalue weighted by Crippen LogP contribution is 2.34. The summed E-state index contributed by atoms with van der Waals surface area (Å²) in [6.45, 7) is 5.69. The topological polar surface area (TPSA) is 91.3 Å². The van der Waals surface area contributed by atoms with Crippen LogP contribution in [0.4, 0.5) is 0 Å². The molecule has 0 bridgehead atoms. The van der Waals surface area contributed by atoms with Gasteiger partial charge in [-0.2, -0.15) is 0 Å². The molecular formula is C19H28N2O5. The van der Waals surface area contributed by atoms with E-state index in [0.717, 1.165) is 11.3 Å². The molecule has 7 heteroatoms. The van der Waals surface area contributed by atoms with Gasteiger partial charge in [0.1, 0.15) is 13.2 Å². The third kappa shape index (κ3) is 4.28. The summed E-state index contributed by atoms with van der Waals surface area (Å²) in [5.74, 6) is 1.51. The fourth-order valence-electron chi connectivity index (χ4n) is 3.63. The van der Waals surface area contributed by atoms with Crippen LogP contribution in [0.2, 0.25) is 0 Å². The van der Waals surface area contributed by atoms with Gasteiger partial charge in [0.25, 0.3) is 0 Å². The van der Waals surface area contributed by atoms with Crippen molar-refractivity contribution in [3.63, 3.8) is 0 Å². The van der Waals surface area contributed by atoms with E-state index in [1.807, 2.05) is 23.1 Å². The molecule has 3 atom stereocenters. The number of aliphatic hydroxyl groups is 2. The molecule has 2 heterocycles. The van der Waals surface area contributed by atoms with Gasteiger partial charge in [-0.1, -0.05) is 19.9 Å². The highest BCUT2D eigenvalue weighted by molar-refractivity contribution is 5.78. The molecule has 144 valence electrons. The molecule has 1 aromatic carbocycles. The van der Waals surface area contributed by atoms with Gasteiger partial charge in [0.15, 0.2) is 11.5 Å². The SMILES string of the molecule is CC(C)C(NC(=O)CN1CC(O)CC1CO)c1ccc2c(c1)OCCO2. The van der Waals surface area contributed by atoms with Crippen molar-refractivity contribution in [2.24, 2.45) is 5.92 Å². The Hall–Kier alpha value is -1.83. The fourth-order valence-corrected chi connectivity index (χ4v) is 3.63. The lowest BCUT2D eigenvalue weighted by Gasteiger charge is -2.27. The lowest BCUT2D eigenvalue weighted by molar-refractivity contribution is -0.123. The van der Waals surface area contributed by atoms with Crippen molar-refractivity contribution in [2.75, 3.05) is 32.9 Å². The van der Waals surface area contributed by atoms with E-state index >= 15 is 0 Å². The highest BCUT2D eigenvalue weighted by atomic mass is 16.6. The Morgan fingerprint density at radius 1 is 1.31 bits per heavy atom. The molecule has 0 saturated carbocycles. The highest BCUT2D eigenvalue weighted by Gasteiger charge is 2.32. The van der Waals surface area contributed by atoms with Gasteiger partial charge in [-0.3, -0.25) is 9.69 Å². The van der Waals surface area contributed by atoms with Crippen LogP contribution in [0.25, 0.3) is 0 Å². The lowest BCUT2D eigenvalue weighted by atomic mass is 9.95. The Morgan fingerprint density at radius 3 is 2.73 bits per heavy atom. The molecule has 3 unspecified atom stereocenters. The minimum Gasteiger partial charge on any atom is -0.486 e. The average molecular weight is 364 g/mol. The molecule has 3 N–H and O–H groups in total. The Labute approximate surface area is 153 Å². The standard InChI is InChI=1S/C19H28N2O5/c1-12(2)19(13-3-4-16-17(7-13)26-6-5-25-16)20-18(24)10-21-9-15(23)8-14(21)11-22/h3-4,7,12,14-15,19,22-23H,5-6,8-11H2,1-2H3,(H,20,24). The fraction of sp³-hybridized carbons (Fsp3) is 0.632. The number of benzene rings is 1. The predicted octanol–water partition coefficient (Wildman–Crippen LogP) is 0.699. The van der Waals surface area contributed by atoms with Crippen LogP contribution >= 0.6 is 0 Å². The van der Waals surface area contributed by atoms with Gasteiger partial charge in [0.05, 0.1) is 25.3 Å².